The molecule has 2 heterocycles. The Labute approximate surface area is 94.0 Å². The lowest BCUT2D eigenvalue weighted by Gasteiger charge is -2.36. The van der Waals surface area contributed by atoms with E-state index in [0.717, 1.165) is 19.3 Å². The number of likely N-dealkylation sites (tertiary alicyclic amines) is 1. The second-order valence-electron chi connectivity index (χ2n) is 3.99. The number of carbonyl (C=O) groups excluding carboxylic acids is 2. The molecule has 5 nitrogen and oxygen atoms in total. The van der Waals surface area contributed by atoms with Crippen LogP contribution in [-0.2, 0) is 14.3 Å². The molecule has 1 fully saturated rings. The number of esters is 1. The van der Waals surface area contributed by atoms with Crippen LogP contribution in [0.1, 0.15) is 19.3 Å². The molecule has 0 N–H and O–H groups in total. The highest BCUT2D eigenvalue weighted by Crippen LogP contribution is 2.25. The van der Waals surface area contributed by atoms with Crippen molar-refractivity contribution in [1.29, 1.82) is 0 Å². The molecular weight excluding hydrogens is 210 g/mol. The van der Waals surface area contributed by atoms with Crippen molar-refractivity contribution in [3.8, 4) is 0 Å². The summed E-state index contributed by atoms with van der Waals surface area (Å²) in [7, 11) is 1.37. The molecule has 16 heavy (non-hydrogen) atoms. The number of ether oxygens (including phenoxy) is 2. The zero-order chi connectivity index (χ0) is 11.5. The maximum atomic E-state index is 11.6. The van der Waals surface area contributed by atoms with Crippen LogP contribution < -0.4 is 0 Å². The molecule has 1 amide bonds. The van der Waals surface area contributed by atoms with Crippen LogP contribution in [0.25, 0.3) is 0 Å². The monoisotopic (exact) mass is 225 g/mol. The minimum Gasteiger partial charge on any atom is -0.453 e. The number of methoxy groups -OCH3 is 1. The second-order valence-corrected chi connectivity index (χ2v) is 3.99. The summed E-state index contributed by atoms with van der Waals surface area (Å²) in [4.78, 5) is 24.2. The van der Waals surface area contributed by atoms with Gasteiger partial charge in [0.15, 0.2) is 0 Å². The lowest BCUT2D eigenvalue weighted by Crippen LogP contribution is -2.49. The number of nitrogens with zero attached hydrogens (tertiary/aromatic N) is 1. The van der Waals surface area contributed by atoms with E-state index in [1.165, 1.54) is 13.2 Å². The molecule has 0 aromatic rings. The Bertz CT molecular complexity index is 326. The van der Waals surface area contributed by atoms with Crippen LogP contribution in [0.2, 0.25) is 0 Å². The van der Waals surface area contributed by atoms with Crippen molar-refractivity contribution in [3.63, 3.8) is 0 Å². The Morgan fingerprint density at radius 2 is 2.38 bits per heavy atom. The van der Waals surface area contributed by atoms with Crippen molar-refractivity contribution in [3.05, 3.63) is 12.2 Å². The number of piperidine rings is 1. The van der Waals surface area contributed by atoms with Crippen molar-refractivity contribution >= 4 is 12.1 Å². The quantitative estimate of drug-likeness (QED) is 0.627. The molecule has 0 aromatic carbocycles. The van der Waals surface area contributed by atoms with Crippen LogP contribution in [0.3, 0.4) is 0 Å². The summed E-state index contributed by atoms with van der Waals surface area (Å²) in [5.41, 5.74) is 0. The van der Waals surface area contributed by atoms with E-state index in [1.807, 2.05) is 0 Å². The highest BCUT2D eigenvalue weighted by atomic mass is 16.6. The zero-order valence-electron chi connectivity index (χ0n) is 9.22. The fraction of sp³-hybridized carbons (Fsp3) is 0.636. The molecule has 0 aliphatic carbocycles. The van der Waals surface area contributed by atoms with Crippen molar-refractivity contribution in [2.24, 2.45) is 0 Å². The normalized spacial score (nSPS) is 29.1. The first-order chi connectivity index (χ1) is 7.72. The first-order valence-corrected chi connectivity index (χ1v) is 5.46. The molecule has 2 rings (SSSR count). The van der Waals surface area contributed by atoms with Crippen LogP contribution in [0.5, 0.6) is 0 Å². The molecule has 1 saturated heterocycles. The molecule has 0 radical (unpaired) electrons. The van der Waals surface area contributed by atoms with Gasteiger partial charge < -0.3 is 14.4 Å². The fourth-order valence-corrected chi connectivity index (χ4v) is 2.24. The van der Waals surface area contributed by atoms with Crippen LogP contribution in [-0.4, -0.2) is 42.8 Å². The van der Waals surface area contributed by atoms with Gasteiger partial charge in [0.1, 0.15) is 6.10 Å². The number of rotatable bonds is 1. The van der Waals surface area contributed by atoms with E-state index in [4.69, 9.17) is 9.47 Å². The van der Waals surface area contributed by atoms with Crippen LogP contribution in [0, 0.1) is 0 Å². The summed E-state index contributed by atoms with van der Waals surface area (Å²) in [6.45, 7) is 0.666. The molecule has 0 unspecified atom stereocenters. The van der Waals surface area contributed by atoms with Crippen LogP contribution >= 0.6 is 0 Å². The molecular formula is C11H15NO4. The van der Waals surface area contributed by atoms with Gasteiger partial charge in [0.05, 0.1) is 13.2 Å². The third-order valence-electron chi connectivity index (χ3n) is 3.01. The van der Waals surface area contributed by atoms with Crippen LogP contribution in [0.15, 0.2) is 12.2 Å². The van der Waals surface area contributed by atoms with E-state index >= 15 is 0 Å². The van der Waals surface area contributed by atoms with E-state index in [2.05, 4.69) is 0 Å². The van der Waals surface area contributed by atoms with Gasteiger partial charge in [0.25, 0.3) is 0 Å². The molecule has 0 aromatic heterocycles. The summed E-state index contributed by atoms with van der Waals surface area (Å²) in [5.74, 6) is -0.333. The number of carbonyl (C=O) groups is 2. The van der Waals surface area contributed by atoms with E-state index < -0.39 is 0 Å². The average Bonchev–Trinajstić information content (AvgIpc) is 2.75. The summed E-state index contributed by atoms with van der Waals surface area (Å²) in [6.07, 6.45) is 5.32. The third kappa shape index (κ3) is 2.03. The first kappa shape index (κ1) is 11.0. The van der Waals surface area contributed by atoms with E-state index in [0.29, 0.717) is 6.54 Å². The highest BCUT2D eigenvalue weighted by Gasteiger charge is 2.36. The van der Waals surface area contributed by atoms with E-state index in [-0.39, 0.29) is 24.2 Å². The standard InChI is InChI=1S/C11H15NO4/c1-15-11(14)12-7-3-2-4-8(12)9-5-6-10(13)16-9/h5-6,8-9H,2-4,7H2,1H3/t8-,9+/m1/s1. The topological polar surface area (TPSA) is 55.8 Å². The van der Waals surface area contributed by atoms with Gasteiger partial charge in [-0.05, 0) is 25.3 Å². The number of amides is 1. The zero-order valence-corrected chi connectivity index (χ0v) is 9.22. The maximum Gasteiger partial charge on any atom is 0.409 e. The molecule has 2 atom stereocenters. The Kier molecular flexibility index (Phi) is 3.12. The Balaban J connectivity index is 2.07. The fourth-order valence-electron chi connectivity index (χ4n) is 2.24. The third-order valence-corrected chi connectivity index (χ3v) is 3.01. The number of hydrogen-bond acceptors (Lipinski definition) is 4. The minimum atomic E-state index is -0.346. The molecule has 2 aliphatic rings. The lowest BCUT2D eigenvalue weighted by molar-refractivity contribution is -0.141. The largest absolute Gasteiger partial charge is 0.453 e. The van der Waals surface area contributed by atoms with Gasteiger partial charge in [0.2, 0.25) is 0 Å². The summed E-state index contributed by atoms with van der Waals surface area (Å²) >= 11 is 0. The van der Waals surface area contributed by atoms with Gasteiger partial charge in [-0.2, -0.15) is 0 Å². The molecule has 88 valence electrons. The SMILES string of the molecule is COC(=O)N1CCCC[C@@H]1[C@@H]1C=CC(=O)O1. The van der Waals surface area contributed by atoms with Gasteiger partial charge in [-0.1, -0.05) is 0 Å². The predicted molar refractivity (Wildman–Crippen MR) is 55.8 cm³/mol. The summed E-state index contributed by atoms with van der Waals surface area (Å²) in [6, 6.07) is -0.0797. The molecule has 0 bridgehead atoms. The summed E-state index contributed by atoms with van der Waals surface area (Å²) < 4.78 is 9.85. The number of cyclic esters (lactones) is 1. The minimum absolute atomic E-state index is 0.0797. The van der Waals surface area contributed by atoms with Gasteiger partial charge >= 0.3 is 12.1 Å². The molecule has 0 spiro atoms. The maximum absolute atomic E-state index is 11.6. The Morgan fingerprint density at radius 3 is 3.00 bits per heavy atom. The second kappa shape index (κ2) is 4.55. The van der Waals surface area contributed by atoms with Gasteiger partial charge in [0, 0.05) is 12.6 Å². The van der Waals surface area contributed by atoms with Gasteiger partial charge in [-0.15, -0.1) is 0 Å². The van der Waals surface area contributed by atoms with E-state index in [9.17, 15) is 9.59 Å². The van der Waals surface area contributed by atoms with Crippen molar-refractivity contribution in [2.45, 2.75) is 31.4 Å². The van der Waals surface area contributed by atoms with Gasteiger partial charge in [-0.25, -0.2) is 9.59 Å². The van der Waals surface area contributed by atoms with Crippen LogP contribution in [0.4, 0.5) is 4.79 Å². The predicted octanol–water partition coefficient (Wildman–Crippen LogP) is 1.09. The molecule has 5 heteroatoms. The van der Waals surface area contributed by atoms with Crippen molar-refractivity contribution < 1.29 is 19.1 Å². The smallest absolute Gasteiger partial charge is 0.409 e. The molecule has 2 aliphatic heterocycles. The van der Waals surface area contributed by atoms with Gasteiger partial charge in [-0.3, -0.25) is 0 Å². The Morgan fingerprint density at radius 1 is 1.56 bits per heavy atom. The average molecular weight is 225 g/mol. The lowest BCUT2D eigenvalue weighted by atomic mass is 9.98. The van der Waals surface area contributed by atoms with E-state index in [1.54, 1.807) is 11.0 Å². The number of hydrogen-bond donors (Lipinski definition) is 0. The Hall–Kier alpha value is -1.52. The van der Waals surface area contributed by atoms with Crippen molar-refractivity contribution in [1.82, 2.24) is 4.90 Å². The first-order valence-electron chi connectivity index (χ1n) is 5.46. The highest BCUT2D eigenvalue weighted by molar-refractivity contribution is 5.84. The van der Waals surface area contributed by atoms with Crippen molar-refractivity contribution in [2.75, 3.05) is 13.7 Å². The molecule has 0 saturated carbocycles. The summed E-state index contributed by atoms with van der Waals surface area (Å²) in [5, 5.41) is 0.